The van der Waals surface area contributed by atoms with E-state index in [1.54, 1.807) is 7.11 Å². The van der Waals surface area contributed by atoms with E-state index >= 15 is 0 Å². The molecule has 5 heteroatoms. The molecule has 1 aliphatic carbocycles. The number of hydrogen-bond donors (Lipinski definition) is 1. The Morgan fingerprint density at radius 2 is 1.72 bits per heavy atom. The zero-order valence-corrected chi connectivity index (χ0v) is 19.2. The fraction of sp³-hybridized carbons (Fsp3) is 0.407. The lowest BCUT2D eigenvalue weighted by Crippen LogP contribution is -2.33. The van der Waals surface area contributed by atoms with E-state index in [0.29, 0.717) is 12.0 Å². The smallest absolute Gasteiger partial charge is 0.313 e. The van der Waals surface area contributed by atoms with Crippen LogP contribution < -0.4 is 10.1 Å². The van der Waals surface area contributed by atoms with Gasteiger partial charge in [0.1, 0.15) is 5.75 Å². The van der Waals surface area contributed by atoms with Gasteiger partial charge in [-0.3, -0.25) is 9.59 Å². The number of nitrogens with one attached hydrogen (secondary N) is 1. The minimum Gasteiger partial charge on any atom is -0.497 e. The number of methoxy groups -OCH3 is 2. The molecular weight excluding hydrogens is 402 g/mol. The summed E-state index contributed by atoms with van der Waals surface area (Å²) in [5.74, 6) is -0.121. The molecule has 3 atom stereocenters. The van der Waals surface area contributed by atoms with Gasteiger partial charge in [0.25, 0.3) is 5.91 Å². The summed E-state index contributed by atoms with van der Waals surface area (Å²) in [7, 11) is 3.02. The first kappa shape index (κ1) is 23.6. The number of amides is 1. The second-order valence-corrected chi connectivity index (χ2v) is 8.29. The number of hydrogen-bond acceptors (Lipinski definition) is 4. The average Bonchev–Trinajstić information content (AvgIpc) is 3.27. The van der Waals surface area contributed by atoms with Gasteiger partial charge in [-0.05, 0) is 60.6 Å². The highest BCUT2D eigenvalue weighted by Crippen LogP contribution is 2.35. The van der Waals surface area contributed by atoms with Crippen LogP contribution in [-0.2, 0) is 16.0 Å². The van der Waals surface area contributed by atoms with Crippen molar-refractivity contribution >= 4 is 11.9 Å². The molecule has 0 aromatic heterocycles. The molecular formula is C27H33NO4. The Hall–Kier alpha value is -3.08. The number of unbranched alkanes of at least 4 members (excludes halogenated alkanes) is 2. The van der Waals surface area contributed by atoms with E-state index in [1.807, 2.05) is 60.7 Å². The van der Waals surface area contributed by atoms with E-state index in [1.165, 1.54) is 31.9 Å². The molecule has 170 valence electrons. The molecule has 0 aliphatic heterocycles. The number of rotatable bonds is 10. The SMILES string of the molecule is CCCCCc1ccc(C(=O)NC2C=CC(C(C(=O)OC)c3ccc(OC)cc3)C2)cc1. The zero-order valence-electron chi connectivity index (χ0n) is 19.2. The van der Waals surface area contributed by atoms with Crippen molar-refractivity contribution in [1.82, 2.24) is 5.32 Å². The van der Waals surface area contributed by atoms with E-state index in [0.717, 1.165) is 17.7 Å². The molecule has 0 fully saturated rings. The summed E-state index contributed by atoms with van der Waals surface area (Å²) in [5, 5.41) is 3.08. The van der Waals surface area contributed by atoms with Crippen molar-refractivity contribution in [2.24, 2.45) is 5.92 Å². The summed E-state index contributed by atoms with van der Waals surface area (Å²) in [6.07, 6.45) is 9.27. The molecule has 0 saturated heterocycles. The van der Waals surface area contributed by atoms with Crippen molar-refractivity contribution in [3.8, 4) is 5.75 Å². The largest absolute Gasteiger partial charge is 0.497 e. The number of ether oxygens (including phenoxy) is 2. The third-order valence-electron chi connectivity index (χ3n) is 6.08. The minimum atomic E-state index is -0.425. The molecule has 32 heavy (non-hydrogen) atoms. The fourth-order valence-corrected chi connectivity index (χ4v) is 4.23. The maximum atomic E-state index is 12.7. The molecule has 0 radical (unpaired) electrons. The monoisotopic (exact) mass is 435 g/mol. The van der Waals surface area contributed by atoms with Gasteiger partial charge in [-0.25, -0.2) is 0 Å². The van der Waals surface area contributed by atoms with Crippen LogP contribution in [0.3, 0.4) is 0 Å². The molecule has 0 bridgehead atoms. The van der Waals surface area contributed by atoms with Crippen LogP contribution >= 0.6 is 0 Å². The summed E-state index contributed by atoms with van der Waals surface area (Å²) in [5.41, 5.74) is 2.79. The third-order valence-corrected chi connectivity index (χ3v) is 6.08. The number of allylic oxidation sites excluding steroid dienone is 1. The predicted molar refractivity (Wildman–Crippen MR) is 126 cm³/mol. The Kier molecular flexibility index (Phi) is 8.48. The van der Waals surface area contributed by atoms with E-state index in [2.05, 4.69) is 12.2 Å². The van der Waals surface area contributed by atoms with Gasteiger partial charge < -0.3 is 14.8 Å². The normalized spacial score (nSPS) is 18.2. The van der Waals surface area contributed by atoms with Crippen molar-refractivity contribution in [1.29, 1.82) is 0 Å². The lowest BCUT2D eigenvalue weighted by Gasteiger charge is -2.22. The fourth-order valence-electron chi connectivity index (χ4n) is 4.23. The highest BCUT2D eigenvalue weighted by molar-refractivity contribution is 5.94. The summed E-state index contributed by atoms with van der Waals surface area (Å²) in [6, 6.07) is 15.2. The molecule has 0 saturated carbocycles. The van der Waals surface area contributed by atoms with Crippen molar-refractivity contribution < 1.29 is 19.1 Å². The topological polar surface area (TPSA) is 64.6 Å². The molecule has 1 amide bonds. The predicted octanol–water partition coefficient (Wildman–Crippen LogP) is 5.06. The minimum absolute atomic E-state index is 0.0536. The lowest BCUT2D eigenvalue weighted by atomic mass is 9.85. The van der Waals surface area contributed by atoms with Gasteiger partial charge in [0.15, 0.2) is 0 Å². The number of esters is 1. The van der Waals surface area contributed by atoms with E-state index in [4.69, 9.17) is 9.47 Å². The van der Waals surface area contributed by atoms with Gasteiger partial charge in [-0.15, -0.1) is 0 Å². The van der Waals surface area contributed by atoms with Crippen LogP contribution in [0.4, 0.5) is 0 Å². The quantitative estimate of drug-likeness (QED) is 0.322. The second kappa shape index (κ2) is 11.5. The molecule has 2 aromatic carbocycles. The van der Waals surface area contributed by atoms with Gasteiger partial charge in [0.2, 0.25) is 0 Å². The average molecular weight is 436 g/mol. The van der Waals surface area contributed by atoms with Crippen LogP contribution in [0.25, 0.3) is 0 Å². The molecule has 5 nitrogen and oxygen atoms in total. The van der Waals surface area contributed by atoms with Gasteiger partial charge >= 0.3 is 5.97 Å². The first-order valence-electron chi connectivity index (χ1n) is 11.4. The molecule has 0 spiro atoms. The lowest BCUT2D eigenvalue weighted by molar-refractivity contribution is -0.143. The van der Waals surface area contributed by atoms with Crippen LogP contribution in [0.1, 0.15) is 60.0 Å². The van der Waals surface area contributed by atoms with Gasteiger partial charge in [-0.2, -0.15) is 0 Å². The summed E-state index contributed by atoms with van der Waals surface area (Å²) in [4.78, 5) is 25.3. The van der Waals surface area contributed by atoms with E-state index in [9.17, 15) is 9.59 Å². The second-order valence-electron chi connectivity index (χ2n) is 8.29. The number of benzene rings is 2. The summed E-state index contributed by atoms with van der Waals surface area (Å²) in [6.45, 7) is 2.19. The molecule has 1 aliphatic rings. The molecule has 0 heterocycles. The molecule has 1 N–H and O–H groups in total. The highest BCUT2D eigenvalue weighted by Gasteiger charge is 2.34. The Balaban J connectivity index is 1.61. The first-order valence-corrected chi connectivity index (χ1v) is 11.4. The summed E-state index contributed by atoms with van der Waals surface area (Å²) >= 11 is 0. The molecule has 2 aromatic rings. The van der Waals surface area contributed by atoms with Gasteiger partial charge in [-0.1, -0.05) is 56.2 Å². The van der Waals surface area contributed by atoms with E-state index in [-0.39, 0.29) is 23.8 Å². The van der Waals surface area contributed by atoms with Gasteiger partial charge in [0, 0.05) is 11.6 Å². The van der Waals surface area contributed by atoms with Crippen LogP contribution in [-0.4, -0.2) is 32.1 Å². The van der Waals surface area contributed by atoms with Crippen LogP contribution in [0.15, 0.2) is 60.7 Å². The van der Waals surface area contributed by atoms with Crippen LogP contribution in [0.2, 0.25) is 0 Å². The number of carbonyl (C=O) groups is 2. The van der Waals surface area contributed by atoms with Crippen molar-refractivity contribution in [2.45, 2.75) is 51.0 Å². The van der Waals surface area contributed by atoms with E-state index < -0.39 is 5.92 Å². The Morgan fingerprint density at radius 1 is 1.00 bits per heavy atom. The molecule has 3 rings (SSSR count). The first-order chi connectivity index (χ1) is 15.5. The van der Waals surface area contributed by atoms with Gasteiger partial charge in [0.05, 0.1) is 20.1 Å². The van der Waals surface area contributed by atoms with Crippen molar-refractivity contribution in [3.63, 3.8) is 0 Å². The maximum Gasteiger partial charge on any atom is 0.313 e. The third kappa shape index (κ3) is 6.00. The van der Waals surface area contributed by atoms with Crippen molar-refractivity contribution in [2.75, 3.05) is 14.2 Å². The highest BCUT2D eigenvalue weighted by atomic mass is 16.5. The maximum absolute atomic E-state index is 12.7. The van der Waals surface area contributed by atoms with Crippen LogP contribution in [0, 0.1) is 5.92 Å². The molecule has 3 unspecified atom stereocenters. The Morgan fingerprint density at radius 3 is 2.34 bits per heavy atom. The Labute approximate surface area is 190 Å². The standard InChI is InChI=1S/C27H33NO4/c1-4-5-6-7-19-8-10-21(11-9-19)26(29)28-23-15-12-22(18-23)25(27(30)32-3)20-13-16-24(31-2)17-14-20/h8-17,22-23,25H,4-7,18H2,1-3H3,(H,28,29). The zero-order chi connectivity index (χ0) is 22.9. The number of carbonyl (C=O) groups excluding carboxylic acids is 2. The van der Waals surface area contributed by atoms with Crippen LogP contribution in [0.5, 0.6) is 5.75 Å². The van der Waals surface area contributed by atoms with Crippen molar-refractivity contribution in [3.05, 3.63) is 77.4 Å². The summed E-state index contributed by atoms with van der Waals surface area (Å²) < 4.78 is 10.3. The Bertz CT molecular complexity index is 918. The number of aryl methyl sites for hydroxylation is 1.